The van der Waals surface area contributed by atoms with Crippen LogP contribution in [0.1, 0.15) is 26.6 Å². The SMILES string of the molecule is CC(C)(C)c1n[nH]c2cccc(=O)n12. The highest BCUT2D eigenvalue weighted by molar-refractivity contribution is 5.38. The summed E-state index contributed by atoms with van der Waals surface area (Å²) in [4.78, 5) is 11.6. The average Bonchev–Trinajstić information content (AvgIpc) is 2.47. The van der Waals surface area contributed by atoms with Crippen molar-refractivity contribution in [1.82, 2.24) is 14.6 Å². The standard InChI is InChI=1S/C10H13N3O/c1-10(2,3)9-12-11-7-5-4-6-8(14)13(7)9/h4-6,11H,1-3H3. The minimum atomic E-state index is -0.135. The fraction of sp³-hybridized carbons (Fsp3) is 0.400. The third-order valence-electron chi connectivity index (χ3n) is 2.11. The summed E-state index contributed by atoms with van der Waals surface area (Å²) in [6.07, 6.45) is 0. The normalized spacial score (nSPS) is 12.2. The molecule has 14 heavy (non-hydrogen) atoms. The molecule has 0 bridgehead atoms. The van der Waals surface area contributed by atoms with Crippen LogP contribution in [0.2, 0.25) is 0 Å². The number of hydrogen-bond acceptors (Lipinski definition) is 2. The van der Waals surface area contributed by atoms with Crippen molar-refractivity contribution in [2.75, 3.05) is 0 Å². The zero-order valence-corrected chi connectivity index (χ0v) is 8.53. The molecule has 2 rings (SSSR count). The predicted molar refractivity (Wildman–Crippen MR) is 54.5 cm³/mol. The average molecular weight is 191 g/mol. The lowest BCUT2D eigenvalue weighted by Crippen LogP contribution is -2.22. The monoisotopic (exact) mass is 191 g/mol. The summed E-state index contributed by atoms with van der Waals surface area (Å²) in [5, 5.41) is 7.01. The van der Waals surface area contributed by atoms with Gasteiger partial charge in [0.15, 0.2) is 0 Å². The minimum Gasteiger partial charge on any atom is -0.269 e. The number of pyridine rings is 1. The summed E-state index contributed by atoms with van der Waals surface area (Å²) < 4.78 is 1.61. The molecule has 1 N–H and O–H groups in total. The Labute approximate surface area is 81.6 Å². The van der Waals surface area contributed by atoms with Crippen molar-refractivity contribution < 1.29 is 0 Å². The van der Waals surface area contributed by atoms with Crippen LogP contribution in [-0.2, 0) is 5.41 Å². The van der Waals surface area contributed by atoms with E-state index < -0.39 is 0 Å². The van der Waals surface area contributed by atoms with Crippen molar-refractivity contribution in [2.45, 2.75) is 26.2 Å². The summed E-state index contributed by atoms with van der Waals surface area (Å²) in [7, 11) is 0. The van der Waals surface area contributed by atoms with Gasteiger partial charge in [0.2, 0.25) is 0 Å². The van der Waals surface area contributed by atoms with Gasteiger partial charge in [0.25, 0.3) is 5.56 Å². The van der Waals surface area contributed by atoms with Gasteiger partial charge in [-0.3, -0.25) is 9.89 Å². The van der Waals surface area contributed by atoms with Crippen LogP contribution >= 0.6 is 0 Å². The fourth-order valence-corrected chi connectivity index (χ4v) is 1.46. The van der Waals surface area contributed by atoms with Gasteiger partial charge in [-0.25, -0.2) is 4.40 Å². The molecule has 2 aromatic heterocycles. The van der Waals surface area contributed by atoms with Gasteiger partial charge in [-0.2, -0.15) is 5.10 Å². The van der Waals surface area contributed by atoms with E-state index in [0.717, 1.165) is 11.5 Å². The molecule has 0 amide bonds. The Kier molecular flexibility index (Phi) is 1.74. The van der Waals surface area contributed by atoms with Crippen molar-refractivity contribution in [3.8, 4) is 0 Å². The quantitative estimate of drug-likeness (QED) is 0.682. The highest BCUT2D eigenvalue weighted by atomic mass is 16.1. The number of nitrogens with one attached hydrogen (secondary N) is 1. The highest BCUT2D eigenvalue weighted by Crippen LogP contribution is 2.19. The molecule has 2 aromatic rings. The van der Waals surface area contributed by atoms with Crippen LogP contribution in [-0.4, -0.2) is 14.6 Å². The third-order valence-corrected chi connectivity index (χ3v) is 2.11. The van der Waals surface area contributed by atoms with Crippen molar-refractivity contribution in [3.05, 3.63) is 34.4 Å². The molecule has 0 radical (unpaired) electrons. The molecule has 2 heterocycles. The van der Waals surface area contributed by atoms with Gasteiger partial charge in [-0.1, -0.05) is 26.8 Å². The second-order valence-electron chi connectivity index (χ2n) is 4.38. The van der Waals surface area contributed by atoms with E-state index in [1.165, 1.54) is 6.07 Å². The second-order valence-corrected chi connectivity index (χ2v) is 4.38. The van der Waals surface area contributed by atoms with Crippen LogP contribution in [0.25, 0.3) is 5.65 Å². The topological polar surface area (TPSA) is 50.2 Å². The van der Waals surface area contributed by atoms with Gasteiger partial charge >= 0.3 is 0 Å². The minimum absolute atomic E-state index is 0.0406. The molecule has 0 aliphatic heterocycles. The van der Waals surface area contributed by atoms with E-state index in [-0.39, 0.29) is 11.0 Å². The molecular formula is C10H13N3O. The van der Waals surface area contributed by atoms with Crippen molar-refractivity contribution in [3.63, 3.8) is 0 Å². The lowest BCUT2D eigenvalue weighted by molar-refractivity contribution is 0.536. The lowest BCUT2D eigenvalue weighted by atomic mass is 9.96. The Morgan fingerprint density at radius 2 is 2.07 bits per heavy atom. The molecule has 4 nitrogen and oxygen atoms in total. The smallest absolute Gasteiger partial charge is 0.257 e. The Hall–Kier alpha value is -1.58. The lowest BCUT2D eigenvalue weighted by Gasteiger charge is -2.14. The molecule has 0 saturated carbocycles. The maximum Gasteiger partial charge on any atom is 0.257 e. The van der Waals surface area contributed by atoms with Crippen LogP contribution in [0.5, 0.6) is 0 Å². The van der Waals surface area contributed by atoms with Gasteiger partial charge in [0.05, 0.1) is 0 Å². The van der Waals surface area contributed by atoms with E-state index in [4.69, 9.17) is 0 Å². The summed E-state index contributed by atoms with van der Waals surface area (Å²) in [5.41, 5.74) is 0.562. The molecule has 4 heteroatoms. The van der Waals surface area contributed by atoms with Gasteiger partial charge in [-0.15, -0.1) is 0 Å². The number of hydrogen-bond donors (Lipinski definition) is 1. The van der Waals surface area contributed by atoms with Crippen LogP contribution in [0.15, 0.2) is 23.0 Å². The maximum atomic E-state index is 11.6. The Morgan fingerprint density at radius 1 is 1.36 bits per heavy atom. The van der Waals surface area contributed by atoms with E-state index in [2.05, 4.69) is 10.2 Å². The van der Waals surface area contributed by atoms with E-state index in [1.807, 2.05) is 26.8 Å². The first-order valence-corrected chi connectivity index (χ1v) is 4.57. The number of aromatic nitrogens is 3. The molecule has 0 aliphatic carbocycles. The van der Waals surface area contributed by atoms with Gasteiger partial charge < -0.3 is 0 Å². The second kappa shape index (κ2) is 2.70. The predicted octanol–water partition coefficient (Wildman–Crippen LogP) is 1.32. The van der Waals surface area contributed by atoms with Crippen molar-refractivity contribution in [1.29, 1.82) is 0 Å². The number of H-pyrrole nitrogens is 1. The number of nitrogens with zero attached hydrogens (tertiary/aromatic N) is 2. The van der Waals surface area contributed by atoms with Crippen LogP contribution in [0.3, 0.4) is 0 Å². The first-order valence-electron chi connectivity index (χ1n) is 4.57. The fourth-order valence-electron chi connectivity index (χ4n) is 1.46. The van der Waals surface area contributed by atoms with E-state index in [0.29, 0.717) is 0 Å². The van der Waals surface area contributed by atoms with Gasteiger partial charge in [0, 0.05) is 11.5 Å². The number of aromatic amines is 1. The Bertz CT molecular complexity index is 516. The first-order chi connectivity index (χ1) is 6.50. The Balaban J connectivity index is 2.87. The van der Waals surface area contributed by atoms with E-state index >= 15 is 0 Å². The number of rotatable bonds is 0. The van der Waals surface area contributed by atoms with Crippen molar-refractivity contribution in [2.24, 2.45) is 0 Å². The molecular weight excluding hydrogens is 178 g/mol. The van der Waals surface area contributed by atoms with Crippen molar-refractivity contribution >= 4 is 5.65 Å². The molecule has 0 unspecified atom stereocenters. The number of fused-ring (bicyclic) bond motifs is 1. The molecule has 0 saturated heterocycles. The zero-order valence-electron chi connectivity index (χ0n) is 8.53. The summed E-state index contributed by atoms with van der Waals surface area (Å²) in [6, 6.07) is 5.10. The first kappa shape index (κ1) is 8.99. The summed E-state index contributed by atoms with van der Waals surface area (Å²) >= 11 is 0. The van der Waals surface area contributed by atoms with Gasteiger partial charge in [0.1, 0.15) is 11.5 Å². The Morgan fingerprint density at radius 3 is 2.71 bits per heavy atom. The zero-order chi connectivity index (χ0) is 10.3. The maximum absolute atomic E-state index is 11.6. The largest absolute Gasteiger partial charge is 0.269 e. The molecule has 0 fully saturated rings. The van der Waals surface area contributed by atoms with E-state index in [1.54, 1.807) is 10.5 Å². The third kappa shape index (κ3) is 1.23. The summed E-state index contributed by atoms with van der Waals surface area (Å²) in [6.45, 7) is 6.09. The van der Waals surface area contributed by atoms with Crippen LogP contribution < -0.4 is 5.56 Å². The highest BCUT2D eigenvalue weighted by Gasteiger charge is 2.20. The molecule has 74 valence electrons. The van der Waals surface area contributed by atoms with E-state index in [9.17, 15) is 4.79 Å². The molecule has 0 spiro atoms. The van der Waals surface area contributed by atoms with Crippen LogP contribution in [0.4, 0.5) is 0 Å². The molecule has 0 aromatic carbocycles. The molecule has 0 aliphatic rings. The van der Waals surface area contributed by atoms with Crippen LogP contribution in [0, 0.1) is 0 Å². The molecule has 0 atom stereocenters. The summed E-state index contributed by atoms with van der Waals surface area (Å²) in [5.74, 6) is 0.762. The van der Waals surface area contributed by atoms with Gasteiger partial charge in [-0.05, 0) is 6.07 Å².